The maximum Gasteiger partial charge on any atom is 0.0561 e. The average molecular weight is 328 g/mol. The van der Waals surface area contributed by atoms with Crippen molar-refractivity contribution >= 4 is 0 Å². The summed E-state index contributed by atoms with van der Waals surface area (Å²) in [6, 6.07) is 11.0. The van der Waals surface area contributed by atoms with E-state index in [2.05, 4.69) is 68.6 Å². The van der Waals surface area contributed by atoms with Crippen LogP contribution in [0.3, 0.4) is 0 Å². The molecule has 2 rings (SSSR count). The van der Waals surface area contributed by atoms with Gasteiger partial charge in [0.15, 0.2) is 0 Å². The fraction of sp³-hybridized carbons (Fsp3) is 0.545. The van der Waals surface area contributed by atoms with Crippen molar-refractivity contribution in [3.63, 3.8) is 0 Å². The summed E-state index contributed by atoms with van der Waals surface area (Å²) in [6.45, 7) is 7.42. The molecule has 3 unspecified atom stereocenters. The Hall–Kier alpha value is -1.38. The second-order valence-corrected chi connectivity index (χ2v) is 7.44. The van der Waals surface area contributed by atoms with E-state index in [1.54, 1.807) is 0 Å². The van der Waals surface area contributed by atoms with Crippen LogP contribution in [0.4, 0.5) is 0 Å². The Bertz CT molecular complexity index is 542. The first kappa shape index (κ1) is 19.0. The summed E-state index contributed by atoms with van der Waals surface area (Å²) in [7, 11) is 0. The molecule has 3 atom stereocenters. The van der Waals surface area contributed by atoms with Crippen molar-refractivity contribution in [1.29, 1.82) is 0 Å². The molecule has 0 saturated heterocycles. The van der Waals surface area contributed by atoms with Crippen LogP contribution in [0.5, 0.6) is 0 Å². The molecule has 0 aliphatic heterocycles. The Kier molecular flexibility index (Phi) is 7.74. The minimum absolute atomic E-state index is 0.191. The third kappa shape index (κ3) is 6.62. The highest BCUT2D eigenvalue weighted by atomic mass is 16.3. The van der Waals surface area contributed by atoms with Gasteiger partial charge in [0, 0.05) is 12.6 Å². The van der Waals surface area contributed by atoms with Crippen LogP contribution in [0.1, 0.15) is 64.4 Å². The van der Waals surface area contributed by atoms with Gasteiger partial charge >= 0.3 is 0 Å². The smallest absolute Gasteiger partial charge is 0.0561 e. The molecule has 2 nitrogen and oxygen atoms in total. The highest BCUT2D eigenvalue weighted by molar-refractivity contribution is 5.20. The Balaban J connectivity index is 1.80. The second kappa shape index (κ2) is 9.80. The Labute approximate surface area is 147 Å². The number of hydrogen-bond acceptors (Lipinski definition) is 2. The minimum Gasteiger partial charge on any atom is -0.393 e. The average Bonchev–Trinajstić information content (AvgIpc) is 2.55. The lowest BCUT2D eigenvalue weighted by Crippen LogP contribution is -2.39. The molecule has 0 spiro atoms. The van der Waals surface area contributed by atoms with Crippen LogP contribution in [-0.2, 0) is 0 Å². The van der Waals surface area contributed by atoms with Crippen molar-refractivity contribution in [2.45, 2.75) is 70.9 Å². The monoisotopic (exact) mass is 327 g/mol. The van der Waals surface area contributed by atoms with Gasteiger partial charge in [-0.3, -0.25) is 0 Å². The zero-order chi connectivity index (χ0) is 17.4. The molecule has 1 aromatic rings. The van der Waals surface area contributed by atoms with Gasteiger partial charge in [-0.25, -0.2) is 0 Å². The summed E-state index contributed by atoms with van der Waals surface area (Å²) in [5, 5.41) is 13.9. The predicted molar refractivity (Wildman–Crippen MR) is 103 cm³/mol. The summed E-state index contributed by atoms with van der Waals surface area (Å²) in [5.41, 5.74) is 4.19. The number of nitrogens with one attached hydrogen (secondary N) is 1. The first-order chi connectivity index (χ1) is 11.5. The number of benzene rings is 1. The zero-order valence-corrected chi connectivity index (χ0v) is 15.5. The maximum absolute atomic E-state index is 10.2. The fourth-order valence-corrected chi connectivity index (χ4v) is 3.54. The standard InChI is InChI=1S/C22H33NO/c1-17(2)8-7-9-18(3)12-13-23-21-14-20(15-22(24)16-21)19-10-5-4-6-11-19/h4-6,8,10-12,20-24H,7,9,13-16H2,1-3H3/b18-12-. The molecular weight excluding hydrogens is 294 g/mol. The van der Waals surface area contributed by atoms with Gasteiger partial charge in [-0.15, -0.1) is 0 Å². The van der Waals surface area contributed by atoms with Crippen LogP contribution in [0, 0.1) is 0 Å². The molecule has 1 aromatic carbocycles. The minimum atomic E-state index is -0.191. The first-order valence-electron chi connectivity index (χ1n) is 9.30. The third-order valence-electron chi connectivity index (χ3n) is 4.90. The molecule has 0 radical (unpaired) electrons. The summed E-state index contributed by atoms with van der Waals surface area (Å²) in [6.07, 6.45) is 9.54. The Morgan fingerprint density at radius 3 is 2.54 bits per heavy atom. The highest BCUT2D eigenvalue weighted by Gasteiger charge is 2.28. The van der Waals surface area contributed by atoms with Gasteiger partial charge in [0.05, 0.1) is 6.10 Å². The number of aliphatic hydroxyl groups excluding tert-OH is 1. The van der Waals surface area contributed by atoms with Crippen molar-refractivity contribution in [2.24, 2.45) is 0 Å². The van der Waals surface area contributed by atoms with E-state index in [1.807, 2.05) is 0 Å². The fourth-order valence-electron chi connectivity index (χ4n) is 3.54. The molecule has 1 aliphatic rings. The van der Waals surface area contributed by atoms with E-state index >= 15 is 0 Å². The van der Waals surface area contributed by atoms with E-state index in [0.717, 1.165) is 38.6 Å². The lowest BCUT2D eigenvalue weighted by atomic mass is 9.80. The SMILES string of the molecule is CC(C)=CCC/C(C)=C\CNC1CC(O)CC(c2ccccc2)C1. The van der Waals surface area contributed by atoms with E-state index in [-0.39, 0.29) is 6.10 Å². The quantitative estimate of drug-likeness (QED) is 0.693. The molecule has 2 N–H and O–H groups in total. The van der Waals surface area contributed by atoms with Crippen molar-refractivity contribution < 1.29 is 5.11 Å². The van der Waals surface area contributed by atoms with Crippen LogP contribution < -0.4 is 5.32 Å². The van der Waals surface area contributed by atoms with Crippen LogP contribution in [0.15, 0.2) is 53.6 Å². The van der Waals surface area contributed by atoms with E-state index in [0.29, 0.717) is 12.0 Å². The number of rotatable bonds is 7. The van der Waals surface area contributed by atoms with E-state index < -0.39 is 0 Å². The molecular formula is C22H33NO. The van der Waals surface area contributed by atoms with Gasteiger partial charge in [-0.1, -0.05) is 53.6 Å². The second-order valence-electron chi connectivity index (χ2n) is 7.44. The van der Waals surface area contributed by atoms with Crippen LogP contribution >= 0.6 is 0 Å². The lowest BCUT2D eigenvalue weighted by molar-refractivity contribution is 0.102. The van der Waals surface area contributed by atoms with E-state index in [1.165, 1.54) is 16.7 Å². The van der Waals surface area contributed by atoms with Gasteiger partial charge in [0.25, 0.3) is 0 Å². The molecule has 1 fully saturated rings. The Morgan fingerprint density at radius 1 is 1.08 bits per heavy atom. The Morgan fingerprint density at radius 2 is 1.83 bits per heavy atom. The molecule has 0 amide bonds. The molecule has 0 bridgehead atoms. The maximum atomic E-state index is 10.2. The molecule has 2 heteroatoms. The number of aliphatic hydroxyl groups is 1. The van der Waals surface area contributed by atoms with Gasteiger partial charge in [0.1, 0.15) is 0 Å². The van der Waals surface area contributed by atoms with Crippen molar-refractivity contribution in [2.75, 3.05) is 6.54 Å². The summed E-state index contributed by atoms with van der Waals surface area (Å²) < 4.78 is 0. The van der Waals surface area contributed by atoms with Gasteiger partial charge < -0.3 is 10.4 Å². The normalized spacial score (nSPS) is 24.7. The predicted octanol–water partition coefficient (Wildman–Crippen LogP) is 4.97. The summed E-state index contributed by atoms with van der Waals surface area (Å²) >= 11 is 0. The molecule has 1 saturated carbocycles. The van der Waals surface area contributed by atoms with E-state index in [4.69, 9.17) is 0 Å². The van der Waals surface area contributed by atoms with E-state index in [9.17, 15) is 5.11 Å². The van der Waals surface area contributed by atoms with Crippen molar-refractivity contribution in [1.82, 2.24) is 5.32 Å². The highest BCUT2D eigenvalue weighted by Crippen LogP contribution is 2.33. The first-order valence-corrected chi connectivity index (χ1v) is 9.30. The molecule has 0 aromatic heterocycles. The summed E-state index contributed by atoms with van der Waals surface area (Å²) in [4.78, 5) is 0. The number of hydrogen-bond donors (Lipinski definition) is 2. The van der Waals surface area contributed by atoms with Crippen LogP contribution in [-0.4, -0.2) is 23.8 Å². The van der Waals surface area contributed by atoms with Crippen molar-refractivity contribution in [3.05, 3.63) is 59.2 Å². The van der Waals surface area contributed by atoms with Gasteiger partial charge in [-0.2, -0.15) is 0 Å². The van der Waals surface area contributed by atoms with Crippen LogP contribution in [0.25, 0.3) is 0 Å². The molecule has 132 valence electrons. The van der Waals surface area contributed by atoms with Crippen LogP contribution in [0.2, 0.25) is 0 Å². The third-order valence-corrected chi connectivity index (χ3v) is 4.90. The topological polar surface area (TPSA) is 32.3 Å². The molecule has 24 heavy (non-hydrogen) atoms. The lowest BCUT2D eigenvalue weighted by Gasteiger charge is -2.33. The van der Waals surface area contributed by atoms with Gasteiger partial charge in [-0.05, 0) is 64.4 Å². The summed E-state index contributed by atoms with van der Waals surface area (Å²) in [5.74, 6) is 0.468. The molecule has 0 heterocycles. The zero-order valence-electron chi connectivity index (χ0n) is 15.5. The van der Waals surface area contributed by atoms with Gasteiger partial charge in [0.2, 0.25) is 0 Å². The number of allylic oxidation sites excluding steroid dienone is 3. The largest absolute Gasteiger partial charge is 0.393 e. The van der Waals surface area contributed by atoms with Crippen molar-refractivity contribution in [3.8, 4) is 0 Å². The molecule has 1 aliphatic carbocycles.